The first-order valence-electron chi connectivity index (χ1n) is 11.5. The number of unbranched alkanes of at least 4 members (excludes halogenated alkanes) is 1. The highest BCUT2D eigenvalue weighted by Gasteiger charge is 2.29. The number of furan rings is 1. The van der Waals surface area contributed by atoms with Crippen molar-refractivity contribution < 1.29 is 32.0 Å². The minimum Gasteiger partial charge on any atom is -0.468 e. The Morgan fingerprint density at radius 1 is 1.03 bits per heavy atom. The smallest absolute Gasteiger partial charge is 0.258 e. The van der Waals surface area contributed by atoms with E-state index in [9.17, 15) is 27.6 Å². The molecule has 1 aromatic heterocycles. The molecule has 0 radical (unpaired) electrons. The molecule has 192 valence electrons. The maximum absolute atomic E-state index is 14.1. The largest absolute Gasteiger partial charge is 0.468 e. The molecule has 0 fully saturated rings. The molecule has 2 atom stereocenters. The summed E-state index contributed by atoms with van der Waals surface area (Å²) < 4.78 is 46.9. The number of benzene rings is 1. The molecular formula is C25H31F3N2O4S. The predicted molar refractivity (Wildman–Crippen MR) is 128 cm³/mol. The summed E-state index contributed by atoms with van der Waals surface area (Å²) in [5.74, 6) is -5.00. The first-order valence-corrected chi connectivity index (χ1v) is 12.7. The van der Waals surface area contributed by atoms with Crippen LogP contribution in [-0.4, -0.2) is 35.4 Å². The van der Waals surface area contributed by atoms with Gasteiger partial charge < -0.3 is 15.1 Å². The number of carbonyl (C=O) groups is 3. The summed E-state index contributed by atoms with van der Waals surface area (Å²) in [6.07, 6.45) is 3.62. The molecule has 2 amide bonds. The lowest BCUT2D eigenvalue weighted by atomic mass is 10.0. The Labute approximate surface area is 207 Å². The van der Waals surface area contributed by atoms with E-state index in [0.717, 1.165) is 12.2 Å². The van der Waals surface area contributed by atoms with Gasteiger partial charge in [0, 0.05) is 0 Å². The molecule has 0 bridgehead atoms. The van der Waals surface area contributed by atoms with E-state index in [1.165, 1.54) is 11.8 Å². The maximum Gasteiger partial charge on any atom is 0.258 e. The van der Waals surface area contributed by atoms with Crippen LogP contribution < -0.4 is 10.6 Å². The fourth-order valence-corrected chi connectivity index (χ4v) is 4.28. The van der Waals surface area contributed by atoms with E-state index < -0.39 is 46.9 Å². The second-order valence-corrected chi connectivity index (χ2v) is 9.60. The molecule has 0 saturated carbocycles. The molecule has 6 nitrogen and oxygen atoms in total. The van der Waals surface area contributed by atoms with Crippen molar-refractivity contribution in [3.8, 4) is 0 Å². The lowest BCUT2D eigenvalue weighted by Gasteiger charge is -2.24. The molecule has 0 aliphatic heterocycles. The molecule has 0 aliphatic carbocycles. The van der Waals surface area contributed by atoms with Gasteiger partial charge in [-0.15, -0.1) is 11.8 Å². The van der Waals surface area contributed by atoms with Crippen LogP contribution in [0.15, 0.2) is 34.9 Å². The number of Topliss-reactive ketones (excluding diaryl/α,β-unsaturated/α-hetero) is 1. The van der Waals surface area contributed by atoms with Crippen molar-refractivity contribution in [2.75, 3.05) is 5.75 Å². The average molecular weight is 513 g/mol. The molecule has 1 aromatic carbocycles. The molecule has 2 rings (SSSR count). The average Bonchev–Trinajstić information content (AvgIpc) is 3.32. The first kappa shape index (κ1) is 28.5. The van der Waals surface area contributed by atoms with Crippen molar-refractivity contribution in [2.45, 2.75) is 64.3 Å². The fourth-order valence-electron chi connectivity index (χ4n) is 3.41. The van der Waals surface area contributed by atoms with Crippen molar-refractivity contribution in [3.05, 3.63) is 59.3 Å². The summed E-state index contributed by atoms with van der Waals surface area (Å²) in [5.41, 5.74) is -1.10. The number of halogens is 3. The molecule has 1 heterocycles. The molecule has 0 spiro atoms. The summed E-state index contributed by atoms with van der Waals surface area (Å²) >= 11 is 1.36. The molecule has 2 N–H and O–H groups in total. The van der Waals surface area contributed by atoms with E-state index in [0.29, 0.717) is 30.7 Å². The third-order valence-electron chi connectivity index (χ3n) is 5.22. The molecule has 0 saturated heterocycles. The van der Waals surface area contributed by atoms with Gasteiger partial charge in [-0.2, -0.15) is 0 Å². The van der Waals surface area contributed by atoms with Crippen molar-refractivity contribution in [3.63, 3.8) is 0 Å². The van der Waals surface area contributed by atoms with Gasteiger partial charge in [-0.05, 0) is 43.0 Å². The standard InChI is InChI=1S/C25H31F3N2O4S/c1-4-5-8-19(21(31)14-35-13-16-7-6-11-34-16)29-24(32)20(12-15(2)3)30-25(33)22-17(26)9-10-18(27)23(22)28/h6-7,9-11,15,19-20H,4-5,8,12-14H2,1-3H3,(H,29,32)(H,30,33)/t19-,20-/m0/s1. The number of hydrogen-bond acceptors (Lipinski definition) is 5. The van der Waals surface area contributed by atoms with Crippen LogP contribution >= 0.6 is 11.8 Å². The Morgan fingerprint density at radius 2 is 1.74 bits per heavy atom. The minimum absolute atomic E-state index is 0.0677. The van der Waals surface area contributed by atoms with E-state index in [4.69, 9.17) is 4.42 Å². The molecular weight excluding hydrogens is 481 g/mol. The molecule has 0 aliphatic rings. The number of hydrogen-bond donors (Lipinski definition) is 2. The Hall–Kier alpha value is -2.75. The normalized spacial score (nSPS) is 12.9. The molecule has 0 unspecified atom stereocenters. The van der Waals surface area contributed by atoms with Gasteiger partial charge in [0.2, 0.25) is 5.91 Å². The van der Waals surface area contributed by atoms with Crippen LogP contribution in [0, 0.1) is 23.4 Å². The maximum atomic E-state index is 14.1. The van der Waals surface area contributed by atoms with Gasteiger partial charge >= 0.3 is 0 Å². The topological polar surface area (TPSA) is 88.4 Å². The number of thioether (sulfide) groups is 1. The fraction of sp³-hybridized carbons (Fsp3) is 0.480. The zero-order chi connectivity index (χ0) is 26.0. The van der Waals surface area contributed by atoms with Crippen LogP contribution in [-0.2, 0) is 15.3 Å². The van der Waals surface area contributed by atoms with Gasteiger partial charge in [0.25, 0.3) is 5.91 Å². The quantitative estimate of drug-likeness (QED) is 0.347. The van der Waals surface area contributed by atoms with Gasteiger partial charge in [-0.3, -0.25) is 14.4 Å². The van der Waals surface area contributed by atoms with Crippen LogP contribution in [0.5, 0.6) is 0 Å². The Balaban J connectivity index is 2.10. The van der Waals surface area contributed by atoms with E-state index in [1.807, 2.05) is 6.92 Å². The minimum atomic E-state index is -1.63. The van der Waals surface area contributed by atoms with Crippen molar-refractivity contribution in [1.29, 1.82) is 0 Å². The number of carbonyl (C=O) groups excluding carboxylic acids is 3. The van der Waals surface area contributed by atoms with Crippen molar-refractivity contribution in [1.82, 2.24) is 10.6 Å². The van der Waals surface area contributed by atoms with Crippen LogP contribution in [0.2, 0.25) is 0 Å². The van der Waals surface area contributed by atoms with E-state index >= 15 is 0 Å². The van der Waals surface area contributed by atoms with Gasteiger partial charge in [0.1, 0.15) is 23.2 Å². The van der Waals surface area contributed by atoms with E-state index in [-0.39, 0.29) is 23.9 Å². The van der Waals surface area contributed by atoms with Gasteiger partial charge in [-0.1, -0.05) is 33.6 Å². The van der Waals surface area contributed by atoms with Crippen molar-refractivity contribution in [2.24, 2.45) is 5.92 Å². The van der Waals surface area contributed by atoms with E-state index in [2.05, 4.69) is 10.6 Å². The summed E-state index contributed by atoms with van der Waals surface area (Å²) in [7, 11) is 0. The number of ketones is 1. The van der Waals surface area contributed by atoms with Crippen LogP contribution in [0.25, 0.3) is 0 Å². The van der Waals surface area contributed by atoms with Crippen molar-refractivity contribution >= 4 is 29.4 Å². The summed E-state index contributed by atoms with van der Waals surface area (Å²) in [6.45, 7) is 5.57. The summed E-state index contributed by atoms with van der Waals surface area (Å²) in [6, 6.07) is 2.83. The molecule has 10 heteroatoms. The zero-order valence-corrected chi connectivity index (χ0v) is 20.9. The van der Waals surface area contributed by atoms with Gasteiger partial charge in [-0.25, -0.2) is 13.2 Å². The lowest BCUT2D eigenvalue weighted by molar-refractivity contribution is -0.128. The predicted octanol–water partition coefficient (Wildman–Crippen LogP) is 5.02. The third-order valence-corrected chi connectivity index (χ3v) is 6.20. The van der Waals surface area contributed by atoms with Crippen LogP contribution in [0.4, 0.5) is 13.2 Å². The van der Waals surface area contributed by atoms with E-state index in [1.54, 1.807) is 32.2 Å². The highest BCUT2D eigenvalue weighted by molar-refractivity contribution is 7.99. The Kier molecular flexibility index (Phi) is 11.4. The highest BCUT2D eigenvalue weighted by Crippen LogP contribution is 2.18. The Morgan fingerprint density at radius 3 is 2.37 bits per heavy atom. The number of rotatable bonds is 14. The third kappa shape index (κ3) is 8.76. The molecule has 35 heavy (non-hydrogen) atoms. The zero-order valence-electron chi connectivity index (χ0n) is 20.0. The first-order chi connectivity index (χ1) is 16.6. The second-order valence-electron chi connectivity index (χ2n) is 8.62. The van der Waals surface area contributed by atoms with Crippen LogP contribution in [0.3, 0.4) is 0 Å². The van der Waals surface area contributed by atoms with Crippen LogP contribution in [0.1, 0.15) is 62.6 Å². The summed E-state index contributed by atoms with van der Waals surface area (Å²) in [5, 5.41) is 5.01. The monoisotopic (exact) mass is 512 g/mol. The number of nitrogens with one attached hydrogen (secondary N) is 2. The lowest BCUT2D eigenvalue weighted by Crippen LogP contribution is -2.52. The highest BCUT2D eigenvalue weighted by atomic mass is 32.2. The molecule has 2 aromatic rings. The van der Waals surface area contributed by atoms with Gasteiger partial charge in [0.05, 0.1) is 23.8 Å². The second kappa shape index (κ2) is 14.0. The summed E-state index contributed by atoms with van der Waals surface area (Å²) in [4.78, 5) is 38.5. The van der Waals surface area contributed by atoms with Gasteiger partial charge in [0.15, 0.2) is 17.4 Å². The Bertz CT molecular complexity index is 999. The number of amides is 2. The SMILES string of the molecule is CCCC[C@H](NC(=O)[C@H](CC(C)C)NC(=O)c1c(F)ccc(F)c1F)C(=O)CSCc1ccco1.